The first-order chi connectivity index (χ1) is 4.74. The molecular weight excluding hydrogens is 128 g/mol. The summed E-state index contributed by atoms with van der Waals surface area (Å²) in [6.07, 6.45) is 2.52. The van der Waals surface area contributed by atoms with E-state index in [1.165, 1.54) is 0 Å². The lowest BCUT2D eigenvalue weighted by molar-refractivity contribution is -0.672. The Morgan fingerprint density at radius 2 is 2.40 bits per heavy atom. The maximum atomic E-state index is 10.3. The topological polar surface area (TPSA) is 47.0 Å². The lowest BCUT2D eigenvalue weighted by Crippen LogP contribution is -2.32. The van der Waals surface area contributed by atoms with Crippen LogP contribution >= 0.6 is 0 Å². The van der Waals surface area contributed by atoms with Crippen LogP contribution in [0.3, 0.4) is 0 Å². The molecule has 0 unspecified atom stereocenters. The van der Waals surface area contributed by atoms with Gasteiger partial charge in [-0.2, -0.15) is 4.57 Å². The summed E-state index contributed by atoms with van der Waals surface area (Å²) in [6, 6.07) is 3.38. The number of aldehydes is 1. The molecule has 0 aliphatic carbocycles. The largest absolute Gasteiger partial charge is 0.398 e. The minimum absolute atomic E-state index is 0.583. The molecule has 1 heterocycles. The van der Waals surface area contributed by atoms with Gasteiger partial charge in [0.25, 0.3) is 0 Å². The fourth-order valence-electron chi connectivity index (χ4n) is 0.722. The van der Waals surface area contributed by atoms with E-state index in [0.29, 0.717) is 11.4 Å². The molecule has 0 aliphatic rings. The lowest BCUT2D eigenvalue weighted by atomic mass is 10.3. The number of nitrogens with zero attached hydrogens (tertiary/aromatic N) is 1. The molecule has 0 aromatic carbocycles. The van der Waals surface area contributed by atoms with Crippen LogP contribution in [-0.4, -0.2) is 6.29 Å². The fourth-order valence-corrected chi connectivity index (χ4v) is 0.722. The van der Waals surface area contributed by atoms with Gasteiger partial charge in [-0.05, 0) is 0 Å². The molecule has 0 radical (unpaired) electrons. The van der Waals surface area contributed by atoms with Gasteiger partial charge in [0.1, 0.15) is 7.05 Å². The van der Waals surface area contributed by atoms with Crippen LogP contribution in [0.15, 0.2) is 18.3 Å². The second-order valence-corrected chi connectivity index (χ2v) is 2.11. The van der Waals surface area contributed by atoms with Crippen molar-refractivity contribution >= 4 is 12.0 Å². The predicted octanol–water partition coefficient (Wildman–Crippen LogP) is -0.0942. The highest BCUT2D eigenvalue weighted by molar-refractivity contribution is 5.71. The van der Waals surface area contributed by atoms with Crippen molar-refractivity contribution in [3.8, 4) is 0 Å². The number of rotatable bonds is 1. The quantitative estimate of drug-likeness (QED) is 0.434. The molecule has 0 saturated heterocycles. The number of hydrogen-bond donors (Lipinski definition) is 1. The Morgan fingerprint density at radius 1 is 1.70 bits per heavy atom. The number of nitrogen functional groups attached to an aromatic ring is 1. The van der Waals surface area contributed by atoms with Crippen molar-refractivity contribution < 1.29 is 9.36 Å². The Hall–Kier alpha value is -1.38. The molecule has 0 aliphatic heterocycles. The third-order valence-electron chi connectivity index (χ3n) is 1.33. The van der Waals surface area contributed by atoms with Gasteiger partial charge < -0.3 is 5.73 Å². The Morgan fingerprint density at radius 3 is 2.90 bits per heavy atom. The van der Waals surface area contributed by atoms with Crippen LogP contribution in [0.2, 0.25) is 0 Å². The molecule has 0 spiro atoms. The van der Waals surface area contributed by atoms with E-state index in [1.807, 2.05) is 0 Å². The van der Waals surface area contributed by atoms with Crippen molar-refractivity contribution in [3.63, 3.8) is 0 Å². The van der Waals surface area contributed by atoms with Gasteiger partial charge in [-0.25, -0.2) is 0 Å². The molecule has 52 valence electrons. The van der Waals surface area contributed by atoms with Gasteiger partial charge >= 0.3 is 0 Å². The Labute approximate surface area is 59.1 Å². The van der Waals surface area contributed by atoms with Gasteiger partial charge in [-0.15, -0.1) is 0 Å². The highest BCUT2D eigenvalue weighted by Gasteiger charge is 2.02. The summed E-state index contributed by atoms with van der Waals surface area (Å²) in [6.45, 7) is 0. The summed E-state index contributed by atoms with van der Waals surface area (Å²) in [5.41, 5.74) is 6.63. The first kappa shape index (κ1) is 6.74. The van der Waals surface area contributed by atoms with Crippen molar-refractivity contribution in [2.24, 2.45) is 7.05 Å². The van der Waals surface area contributed by atoms with Crippen LogP contribution in [0.4, 0.5) is 5.69 Å². The average Bonchev–Trinajstić information content (AvgIpc) is 1.94. The summed E-state index contributed by atoms with van der Waals surface area (Å²) < 4.78 is 1.71. The Balaban J connectivity index is 3.21. The molecule has 1 aromatic rings. The maximum absolute atomic E-state index is 10.3. The molecule has 1 aromatic heterocycles. The van der Waals surface area contributed by atoms with Crippen LogP contribution in [-0.2, 0) is 7.05 Å². The number of anilines is 1. The number of hydrogen-bond acceptors (Lipinski definition) is 2. The van der Waals surface area contributed by atoms with E-state index in [1.54, 1.807) is 29.9 Å². The molecule has 0 amide bonds. The molecule has 10 heavy (non-hydrogen) atoms. The van der Waals surface area contributed by atoms with E-state index in [2.05, 4.69) is 0 Å². The van der Waals surface area contributed by atoms with Crippen molar-refractivity contribution in [1.82, 2.24) is 0 Å². The molecule has 3 nitrogen and oxygen atoms in total. The molecule has 1 rings (SSSR count). The molecule has 2 N–H and O–H groups in total. The predicted molar refractivity (Wildman–Crippen MR) is 37.4 cm³/mol. The molecule has 0 fully saturated rings. The highest BCUT2D eigenvalue weighted by Crippen LogP contribution is 1.97. The Bertz CT molecular complexity index is 258. The van der Waals surface area contributed by atoms with Crippen molar-refractivity contribution in [3.05, 3.63) is 24.0 Å². The SMILES string of the molecule is C[n+]1ccc(N)cc1C=O. The van der Waals surface area contributed by atoms with E-state index in [9.17, 15) is 4.79 Å². The number of pyridine rings is 1. The van der Waals surface area contributed by atoms with Crippen molar-refractivity contribution in [2.45, 2.75) is 0 Å². The minimum atomic E-state index is 0.583. The molecule has 0 bridgehead atoms. The maximum Gasteiger partial charge on any atom is 0.247 e. The number of aromatic nitrogens is 1. The smallest absolute Gasteiger partial charge is 0.247 e. The highest BCUT2D eigenvalue weighted by atomic mass is 16.1. The molecule has 0 atom stereocenters. The first-order valence-electron chi connectivity index (χ1n) is 2.94. The van der Waals surface area contributed by atoms with Gasteiger partial charge in [0.15, 0.2) is 6.20 Å². The van der Waals surface area contributed by atoms with Gasteiger partial charge in [0, 0.05) is 17.8 Å². The second-order valence-electron chi connectivity index (χ2n) is 2.11. The van der Waals surface area contributed by atoms with E-state index in [-0.39, 0.29) is 0 Å². The summed E-state index contributed by atoms with van der Waals surface area (Å²) >= 11 is 0. The summed E-state index contributed by atoms with van der Waals surface area (Å²) in [5, 5.41) is 0. The molecule has 0 saturated carbocycles. The van der Waals surface area contributed by atoms with E-state index < -0.39 is 0 Å². The monoisotopic (exact) mass is 137 g/mol. The standard InChI is InChI=1S/C7H8N2O/c1-9-3-2-6(8)4-7(9)5-10/h2-5,8H,1H3/p+1. The lowest BCUT2D eigenvalue weighted by Gasteiger charge is -1.91. The third-order valence-corrected chi connectivity index (χ3v) is 1.33. The first-order valence-corrected chi connectivity index (χ1v) is 2.94. The number of carbonyl (C=O) groups is 1. The summed E-state index contributed by atoms with van der Waals surface area (Å²) in [7, 11) is 1.79. The number of aryl methyl sites for hydroxylation is 1. The number of carbonyl (C=O) groups excluding carboxylic acids is 1. The van der Waals surface area contributed by atoms with Gasteiger partial charge in [0.05, 0.1) is 0 Å². The van der Waals surface area contributed by atoms with Crippen LogP contribution in [0.25, 0.3) is 0 Å². The second kappa shape index (κ2) is 2.47. The zero-order valence-electron chi connectivity index (χ0n) is 5.74. The third kappa shape index (κ3) is 1.13. The molecular formula is C7H9N2O+. The van der Waals surface area contributed by atoms with Crippen LogP contribution < -0.4 is 10.3 Å². The Kier molecular flexibility index (Phi) is 1.67. The van der Waals surface area contributed by atoms with Crippen LogP contribution in [0.5, 0.6) is 0 Å². The summed E-state index contributed by atoms with van der Waals surface area (Å²) in [4.78, 5) is 10.3. The van der Waals surface area contributed by atoms with E-state index >= 15 is 0 Å². The van der Waals surface area contributed by atoms with Gasteiger partial charge in [-0.3, -0.25) is 4.79 Å². The van der Waals surface area contributed by atoms with Crippen molar-refractivity contribution in [1.29, 1.82) is 0 Å². The molecule has 3 heteroatoms. The van der Waals surface area contributed by atoms with Crippen molar-refractivity contribution in [2.75, 3.05) is 5.73 Å². The van der Waals surface area contributed by atoms with Crippen LogP contribution in [0, 0.1) is 0 Å². The minimum Gasteiger partial charge on any atom is -0.398 e. The zero-order valence-corrected chi connectivity index (χ0v) is 5.74. The normalized spacial score (nSPS) is 9.30. The summed E-state index contributed by atoms with van der Waals surface area (Å²) in [5.74, 6) is 0. The van der Waals surface area contributed by atoms with E-state index in [0.717, 1.165) is 6.29 Å². The van der Waals surface area contributed by atoms with E-state index in [4.69, 9.17) is 5.73 Å². The fraction of sp³-hybridized carbons (Fsp3) is 0.143. The van der Waals surface area contributed by atoms with Gasteiger partial charge in [-0.1, -0.05) is 0 Å². The van der Waals surface area contributed by atoms with Gasteiger partial charge in [0.2, 0.25) is 12.0 Å². The zero-order chi connectivity index (χ0) is 7.56. The van der Waals surface area contributed by atoms with Crippen LogP contribution in [0.1, 0.15) is 10.5 Å². The number of nitrogens with two attached hydrogens (primary N) is 1. The average molecular weight is 137 g/mol.